The highest BCUT2D eigenvalue weighted by molar-refractivity contribution is 5.88. The third-order valence-corrected chi connectivity index (χ3v) is 7.70. The second-order valence-corrected chi connectivity index (χ2v) is 9.63. The van der Waals surface area contributed by atoms with Crippen LogP contribution in [0.15, 0.2) is 54.7 Å². The lowest BCUT2D eigenvalue weighted by molar-refractivity contribution is -0.142. The van der Waals surface area contributed by atoms with Crippen LogP contribution in [0, 0.1) is 12.8 Å². The van der Waals surface area contributed by atoms with Crippen molar-refractivity contribution < 1.29 is 9.53 Å². The van der Waals surface area contributed by atoms with Crippen LogP contribution in [-0.4, -0.2) is 41.6 Å². The van der Waals surface area contributed by atoms with Crippen molar-refractivity contribution in [2.24, 2.45) is 5.92 Å². The summed E-state index contributed by atoms with van der Waals surface area (Å²) >= 11 is 0. The maximum absolute atomic E-state index is 12.7. The number of fused-ring (bicyclic) bond motifs is 1. The van der Waals surface area contributed by atoms with Crippen LogP contribution in [0.2, 0.25) is 0 Å². The van der Waals surface area contributed by atoms with Gasteiger partial charge in [0.1, 0.15) is 6.10 Å². The molecule has 1 unspecified atom stereocenters. The van der Waals surface area contributed by atoms with Crippen LogP contribution in [0.4, 0.5) is 0 Å². The average molecular weight is 443 g/mol. The van der Waals surface area contributed by atoms with Crippen LogP contribution in [0.3, 0.4) is 0 Å². The molecule has 0 spiro atoms. The zero-order valence-corrected chi connectivity index (χ0v) is 19.8. The summed E-state index contributed by atoms with van der Waals surface area (Å²) in [5.41, 5.74) is 4.99. The highest BCUT2D eigenvalue weighted by atomic mass is 16.5. The van der Waals surface area contributed by atoms with E-state index in [0.29, 0.717) is 11.8 Å². The molecule has 0 saturated carbocycles. The molecule has 4 heteroatoms. The summed E-state index contributed by atoms with van der Waals surface area (Å²) < 4.78 is 5.62. The molecule has 0 radical (unpaired) electrons. The van der Waals surface area contributed by atoms with Crippen molar-refractivity contribution in [3.05, 3.63) is 66.0 Å². The fourth-order valence-corrected chi connectivity index (χ4v) is 5.77. The monoisotopic (exact) mass is 442 g/mol. The minimum atomic E-state index is -0.189. The molecule has 2 saturated heterocycles. The standard InChI is InChI=1S/C29H34N2O2/c1-3-26(23-13-16-31(17-14-23)29(32)28-5-4-18-33-28)22-8-6-21(7-9-22)24-10-11-27-20(2)30-15-12-25(27)19-24/h6-12,15,19,23,26,28H,3-5,13-14,16-18H2,1-2H3/t26?,28-/m1/s1. The predicted molar refractivity (Wildman–Crippen MR) is 133 cm³/mol. The molecule has 1 aromatic heterocycles. The van der Waals surface area contributed by atoms with Gasteiger partial charge in [-0.05, 0) is 85.1 Å². The van der Waals surface area contributed by atoms with E-state index in [2.05, 4.69) is 67.4 Å². The molecule has 2 aliphatic heterocycles. The molecule has 33 heavy (non-hydrogen) atoms. The number of hydrogen-bond donors (Lipinski definition) is 0. The molecular weight excluding hydrogens is 408 g/mol. The summed E-state index contributed by atoms with van der Waals surface area (Å²) in [5, 5.41) is 2.45. The van der Waals surface area contributed by atoms with Crippen molar-refractivity contribution in [1.29, 1.82) is 0 Å². The minimum Gasteiger partial charge on any atom is -0.368 e. The summed E-state index contributed by atoms with van der Waals surface area (Å²) in [4.78, 5) is 19.1. The number of piperidine rings is 1. The summed E-state index contributed by atoms with van der Waals surface area (Å²) in [6.45, 7) is 6.82. The summed E-state index contributed by atoms with van der Waals surface area (Å²) in [7, 11) is 0. The number of aromatic nitrogens is 1. The highest BCUT2D eigenvalue weighted by Crippen LogP contribution is 2.36. The zero-order chi connectivity index (χ0) is 22.8. The number of aryl methyl sites for hydroxylation is 1. The lowest BCUT2D eigenvalue weighted by Crippen LogP contribution is -2.44. The first kappa shape index (κ1) is 22.1. The molecule has 0 N–H and O–H groups in total. The van der Waals surface area contributed by atoms with Gasteiger partial charge in [0.25, 0.3) is 5.91 Å². The lowest BCUT2D eigenvalue weighted by atomic mass is 9.78. The SMILES string of the molecule is CCC(c1ccc(-c2ccc3c(C)nccc3c2)cc1)C1CCN(C(=O)[C@H]2CCCO2)CC1. The number of rotatable bonds is 5. The number of benzene rings is 2. The average Bonchev–Trinajstić information content (AvgIpc) is 3.40. The maximum atomic E-state index is 12.7. The molecule has 172 valence electrons. The fourth-order valence-electron chi connectivity index (χ4n) is 5.77. The van der Waals surface area contributed by atoms with Crippen LogP contribution in [0.1, 0.15) is 56.2 Å². The molecule has 3 heterocycles. The molecular formula is C29H34N2O2. The normalized spacial score (nSPS) is 20.3. The quantitative estimate of drug-likeness (QED) is 0.478. The van der Waals surface area contributed by atoms with Gasteiger partial charge < -0.3 is 9.64 Å². The van der Waals surface area contributed by atoms with Crippen molar-refractivity contribution in [3.8, 4) is 11.1 Å². The van der Waals surface area contributed by atoms with Crippen molar-refractivity contribution in [2.75, 3.05) is 19.7 Å². The van der Waals surface area contributed by atoms with Crippen molar-refractivity contribution in [3.63, 3.8) is 0 Å². The number of hydrogen-bond acceptors (Lipinski definition) is 3. The van der Waals surface area contributed by atoms with Crippen molar-refractivity contribution >= 4 is 16.7 Å². The van der Waals surface area contributed by atoms with Gasteiger partial charge >= 0.3 is 0 Å². The number of carbonyl (C=O) groups excluding carboxylic acids is 1. The zero-order valence-electron chi connectivity index (χ0n) is 19.8. The smallest absolute Gasteiger partial charge is 0.251 e. The van der Waals surface area contributed by atoms with Crippen LogP contribution < -0.4 is 0 Å². The number of ether oxygens (including phenoxy) is 1. The fraction of sp³-hybridized carbons (Fsp3) is 0.448. The topological polar surface area (TPSA) is 42.4 Å². The Morgan fingerprint density at radius 1 is 1.06 bits per heavy atom. The van der Waals surface area contributed by atoms with Gasteiger partial charge in [0.05, 0.1) is 0 Å². The second-order valence-electron chi connectivity index (χ2n) is 9.63. The van der Waals surface area contributed by atoms with E-state index in [9.17, 15) is 4.79 Å². The minimum absolute atomic E-state index is 0.189. The van der Waals surface area contributed by atoms with Crippen molar-refractivity contribution in [1.82, 2.24) is 9.88 Å². The van der Waals surface area contributed by atoms with Crippen LogP contribution in [-0.2, 0) is 9.53 Å². The molecule has 2 atom stereocenters. The third kappa shape index (κ3) is 4.54. The number of nitrogens with zero attached hydrogens (tertiary/aromatic N) is 2. The summed E-state index contributed by atoms with van der Waals surface area (Å²) in [6.07, 6.45) is 6.88. The molecule has 2 aromatic carbocycles. The van der Waals surface area contributed by atoms with Crippen LogP contribution in [0.25, 0.3) is 21.9 Å². The molecule has 0 bridgehead atoms. The van der Waals surface area contributed by atoms with E-state index in [1.54, 1.807) is 0 Å². The van der Waals surface area contributed by atoms with E-state index >= 15 is 0 Å². The van der Waals surface area contributed by atoms with E-state index in [1.807, 2.05) is 11.1 Å². The van der Waals surface area contributed by atoms with E-state index in [0.717, 1.165) is 57.5 Å². The van der Waals surface area contributed by atoms with Gasteiger partial charge in [0, 0.05) is 37.0 Å². The number of amides is 1. The van der Waals surface area contributed by atoms with E-state index in [4.69, 9.17) is 4.74 Å². The summed E-state index contributed by atoms with van der Waals surface area (Å²) in [5.74, 6) is 1.39. The van der Waals surface area contributed by atoms with Gasteiger partial charge in [0.2, 0.25) is 0 Å². The number of pyridine rings is 1. The first-order chi connectivity index (χ1) is 16.1. The lowest BCUT2D eigenvalue weighted by Gasteiger charge is -2.37. The molecule has 4 nitrogen and oxygen atoms in total. The molecule has 5 rings (SSSR count). The van der Waals surface area contributed by atoms with Gasteiger partial charge in [-0.2, -0.15) is 0 Å². The molecule has 3 aromatic rings. The van der Waals surface area contributed by atoms with Gasteiger partial charge in [-0.15, -0.1) is 0 Å². The van der Waals surface area contributed by atoms with Crippen LogP contribution >= 0.6 is 0 Å². The maximum Gasteiger partial charge on any atom is 0.251 e. The Hall–Kier alpha value is -2.72. The Labute approximate surface area is 197 Å². The van der Waals surface area contributed by atoms with E-state index in [-0.39, 0.29) is 12.0 Å². The van der Waals surface area contributed by atoms with E-state index in [1.165, 1.54) is 27.5 Å². The molecule has 2 aliphatic rings. The Bertz CT molecular complexity index is 1110. The Kier molecular flexibility index (Phi) is 6.45. The number of likely N-dealkylation sites (tertiary alicyclic amines) is 1. The van der Waals surface area contributed by atoms with E-state index < -0.39 is 0 Å². The predicted octanol–water partition coefficient (Wildman–Crippen LogP) is 6.12. The molecule has 1 amide bonds. The summed E-state index contributed by atoms with van der Waals surface area (Å²) in [6, 6.07) is 17.9. The first-order valence-electron chi connectivity index (χ1n) is 12.5. The first-order valence-corrected chi connectivity index (χ1v) is 12.5. The Balaban J connectivity index is 1.26. The highest BCUT2D eigenvalue weighted by Gasteiger charge is 2.33. The van der Waals surface area contributed by atoms with Crippen molar-refractivity contribution in [2.45, 2.75) is 58.0 Å². The van der Waals surface area contributed by atoms with Gasteiger partial charge in [-0.25, -0.2) is 0 Å². The third-order valence-electron chi connectivity index (χ3n) is 7.70. The molecule has 2 fully saturated rings. The molecule has 0 aliphatic carbocycles. The number of carbonyl (C=O) groups is 1. The van der Waals surface area contributed by atoms with Gasteiger partial charge in [-0.3, -0.25) is 9.78 Å². The second kappa shape index (κ2) is 9.64. The van der Waals surface area contributed by atoms with Gasteiger partial charge in [-0.1, -0.05) is 43.3 Å². The Morgan fingerprint density at radius 3 is 2.52 bits per heavy atom. The Morgan fingerprint density at radius 2 is 1.82 bits per heavy atom. The van der Waals surface area contributed by atoms with Gasteiger partial charge in [0.15, 0.2) is 0 Å². The largest absolute Gasteiger partial charge is 0.368 e. The van der Waals surface area contributed by atoms with Crippen LogP contribution in [0.5, 0.6) is 0 Å².